The van der Waals surface area contributed by atoms with Crippen molar-refractivity contribution in [2.75, 3.05) is 70.5 Å². The van der Waals surface area contributed by atoms with Crippen LogP contribution >= 0.6 is 35.2 Å². The largest absolute Gasteiger partial charge is 0.490 e. The van der Waals surface area contributed by atoms with Gasteiger partial charge in [-0.15, -0.1) is 11.8 Å². The summed E-state index contributed by atoms with van der Waals surface area (Å²) >= 11 is 1.03. The molecule has 5 aromatic heterocycles. The highest BCUT2D eigenvalue weighted by atomic mass is 32.2. The zero-order chi connectivity index (χ0) is 56.9. The molecule has 0 aromatic carbocycles. The normalized spacial score (nSPS) is 29.6. The molecule has 0 spiro atoms. The third-order valence-electron chi connectivity index (χ3n) is 12.8. The zero-order valence-electron chi connectivity index (χ0n) is 41.9. The number of aliphatic hydroxyl groups excluding tert-OH is 3. The first-order chi connectivity index (χ1) is 37.4. The van der Waals surface area contributed by atoms with Crippen LogP contribution in [0.1, 0.15) is 30.8 Å². The number of phosphoric acid groups is 3. The molecule has 9 rings (SSSR count). The number of guanidine groups is 1. The summed E-state index contributed by atoms with van der Waals surface area (Å²) in [4.78, 5) is 86.0. The molecule has 14 N–H and O–H groups in total. The number of nitrogens with zero attached hydrogens (tertiary/aromatic N) is 11. The number of ether oxygens (including phenoxy) is 6. The van der Waals surface area contributed by atoms with E-state index in [4.69, 9.17) is 54.7 Å². The van der Waals surface area contributed by atoms with Crippen molar-refractivity contribution in [2.24, 2.45) is 23.7 Å². The maximum absolute atomic E-state index is 13.4. The van der Waals surface area contributed by atoms with Crippen LogP contribution in [0.15, 0.2) is 35.1 Å². The van der Waals surface area contributed by atoms with E-state index in [1.54, 1.807) is 0 Å². The van der Waals surface area contributed by atoms with Gasteiger partial charge in [0, 0.05) is 33.5 Å². The maximum Gasteiger partial charge on any atom is 0.490 e. The van der Waals surface area contributed by atoms with Gasteiger partial charge in [0.15, 0.2) is 36.2 Å². The van der Waals surface area contributed by atoms with Gasteiger partial charge in [0.25, 0.3) is 11.5 Å². The Labute approximate surface area is 448 Å². The van der Waals surface area contributed by atoms with E-state index in [0.29, 0.717) is 11.5 Å². The molecule has 41 heteroatoms. The van der Waals surface area contributed by atoms with E-state index < -0.39 is 127 Å². The number of nitrogens with one attached hydrogen (secondary N) is 2. The number of carbonyl (C=O) groups excluding carboxylic acids is 1. The van der Waals surface area contributed by atoms with Gasteiger partial charge in [0.05, 0.1) is 69.5 Å². The monoisotopic (exact) mass is 1200 g/mol. The van der Waals surface area contributed by atoms with E-state index in [-0.39, 0.29) is 65.9 Å². The predicted octanol–water partition coefficient (Wildman–Crippen LogP) is -3.01. The number of carbonyl (C=O) groups is 1. The molecule has 0 bridgehead atoms. The Kier molecular flexibility index (Phi) is 17.3. The van der Waals surface area contributed by atoms with Gasteiger partial charge in [-0.1, -0.05) is 4.98 Å². The fourth-order valence-corrected chi connectivity index (χ4v) is 13.8. The molecule has 5 aromatic rings. The second-order valence-corrected chi connectivity index (χ2v) is 24.0. The molecule has 4 aliphatic rings. The number of aromatic amines is 1. The molecule has 434 valence electrons. The van der Waals surface area contributed by atoms with Crippen molar-refractivity contribution in [3.05, 3.63) is 41.4 Å². The summed E-state index contributed by atoms with van der Waals surface area (Å²) in [5.74, 6) is -1.82. The molecular formula is C38H56N16O21P3S+. The Hall–Kier alpha value is -5.15. The number of methoxy groups -OCH3 is 1. The minimum Gasteiger partial charge on any atom is -0.387 e. The molecule has 79 heavy (non-hydrogen) atoms. The zero-order valence-corrected chi connectivity index (χ0v) is 45.4. The van der Waals surface area contributed by atoms with E-state index in [0.717, 1.165) is 11.8 Å². The van der Waals surface area contributed by atoms with Crippen LogP contribution in [0, 0.1) is 5.92 Å². The number of H-pyrrole nitrogens is 1. The minimum atomic E-state index is -6.10. The predicted molar refractivity (Wildman–Crippen MR) is 266 cm³/mol. The van der Waals surface area contributed by atoms with Gasteiger partial charge in [-0.25, -0.2) is 43.2 Å². The number of aliphatic hydroxyl groups is 3. The van der Waals surface area contributed by atoms with Crippen molar-refractivity contribution in [3.63, 3.8) is 0 Å². The lowest BCUT2D eigenvalue weighted by Gasteiger charge is -2.24. The summed E-state index contributed by atoms with van der Waals surface area (Å²) in [6.07, 6.45) is -8.13. The summed E-state index contributed by atoms with van der Waals surface area (Å²) in [7, 11) is -11.9. The number of thioether (sulfide) groups is 1. The SMILES string of the molecule is CO[C@@H]1[C@H](SCOC[C@H]2O[C@@H](n3cnc4c3NC(N)=NCOC4)[C@H](O)[C@@H]2O)[C@@H](COP(=O)(O)OP(=O)(O)OP(=O)(O)OC[C@H]2O[C@@H]([n+]3cn(C)c4c(=O)[nH]c(N)nc43)[C@H](O)[C@@H]2CC(=O)N(C)C)O[C@H]1n1cnc2c(N)ncnc21. The van der Waals surface area contributed by atoms with Crippen LogP contribution in [0.5, 0.6) is 0 Å². The van der Waals surface area contributed by atoms with E-state index in [1.165, 1.54) is 76.7 Å². The first-order valence-corrected chi connectivity index (χ1v) is 28.9. The number of aliphatic imine (C=N–C) groups is 1. The number of amides is 1. The Morgan fingerprint density at radius 1 is 0.899 bits per heavy atom. The molecule has 3 unspecified atom stereocenters. The summed E-state index contributed by atoms with van der Waals surface area (Å²) in [5.41, 5.74) is 17.9. The molecule has 4 aliphatic heterocycles. The maximum atomic E-state index is 13.4. The number of hydrogen-bond donors (Lipinski definition) is 11. The fraction of sp³-hybridized carbons (Fsp3) is 0.605. The Bertz CT molecular complexity index is 3290. The van der Waals surface area contributed by atoms with Gasteiger partial charge in [-0.05, 0) is 0 Å². The molecule has 37 nitrogen and oxygen atoms in total. The van der Waals surface area contributed by atoms with E-state index in [2.05, 4.69) is 48.8 Å². The first-order valence-electron chi connectivity index (χ1n) is 23.4. The summed E-state index contributed by atoms with van der Waals surface area (Å²) in [6, 6.07) is 0. The number of imidazole rings is 3. The molecule has 1 amide bonds. The van der Waals surface area contributed by atoms with Crippen LogP contribution in [0.2, 0.25) is 0 Å². The molecule has 0 aliphatic carbocycles. The van der Waals surface area contributed by atoms with Gasteiger partial charge in [0.2, 0.25) is 17.7 Å². The highest BCUT2D eigenvalue weighted by Gasteiger charge is 2.52. The number of nitrogens with two attached hydrogens (primary N) is 3. The van der Waals surface area contributed by atoms with Crippen molar-refractivity contribution in [3.8, 4) is 0 Å². The number of phosphoric ester groups is 2. The van der Waals surface area contributed by atoms with Crippen LogP contribution in [0.3, 0.4) is 0 Å². The third-order valence-corrected chi connectivity index (χ3v) is 18.4. The van der Waals surface area contributed by atoms with Gasteiger partial charge in [-0.2, -0.15) is 8.62 Å². The van der Waals surface area contributed by atoms with Gasteiger partial charge in [0.1, 0.15) is 60.6 Å². The van der Waals surface area contributed by atoms with Gasteiger partial charge < -0.3 is 85.8 Å². The number of hydrogen-bond acceptors (Lipinski definition) is 29. The second kappa shape index (κ2) is 23.4. The van der Waals surface area contributed by atoms with E-state index >= 15 is 0 Å². The second-order valence-electron chi connectivity index (χ2n) is 18.2. The van der Waals surface area contributed by atoms with E-state index in [9.17, 15) is 53.3 Å². The first kappa shape index (κ1) is 58.5. The Morgan fingerprint density at radius 3 is 2.30 bits per heavy atom. The molecule has 3 saturated heterocycles. The van der Waals surface area contributed by atoms with Crippen LogP contribution in [0.25, 0.3) is 22.3 Å². The molecule has 9 heterocycles. The average molecular weight is 1200 g/mol. The summed E-state index contributed by atoms with van der Waals surface area (Å²) in [5, 5.41) is 35.5. The lowest BCUT2D eigenvalue weighted by atomic mass is 9.94. The van der Waals surface area contributed by atoms with Crippen LogP contribution < -0.4 is 32.6 Å². The Balaban J connectivity index is 0.849. The fourth-order valence-electron chi connectivity index (χ4n) is 9.15. The van der Waals surface area contributed by atoms with Crippen molar-refractivity contribution in [1.29, 1.82) is 0 Å². The smallest absolute Gasteiger partial charge is 0.387 e. The van der Waals surface area contributed by atoms with Crippen molar-refractivity contribution in [2.45, 2.75) is 79.7 Å². The molecule has 3 fully saturated rings. The lowest BCUT2D eigenvalue weighted by molar-refractivity contribution is -0.745. The number of anilines is 3. The Morgan fingerprint density at radius 2 is 1.59 bits per heavy atom. The number of aromatic nitrogens is 10. The van der Waals surface area contributed by atoms with Crippen molar-refractivity contribution < 1.29 is 99.1 Å². The van der Waals surface area contributed by atoms with Crippen LogP contribution in [-0.4, -0.2) is 192 Å². The van der Waals surface area contributed by atoms with Gasteiger partial charge >= 0.3 is 29.1 Å². The van der Waals surface area contributed by atoms with Gasteiger partial charge in [-0.3, -0.25) is 37.3 Å². The average Bonchev–Trinajstić information content (AvgIpc) is 4.38. The molecule has 0 saturated carbocycles. The summed E-state index contributed by atoms with van der Waals surface area (Å²) in [6.45, 7) is -2.13. The number of fused-ring (bicyclic) bond motifs is 3. The minimum absolute atomic E-state index is 0.00941. The lowest BCUT2D eigenvalue weighted by Crippen LogP contribution is -2.45. The van der Waals surface area contributed by atoms with E-state index in [1.807, 2.05) is 0 Å². The number of nitrogen functional groups attached to an aromatic ring is 2. The highest BCUT2D eigenvalue weighted by Crippen LogP contribution is 2.68. The van der Waals surface area contributed by atoms with Crippen LogP contribution in [-0.2, 0) is 78.2 Å². The van der Waals surface area contributed by atoms with Crippen LogP contribution in [0.4, 0.5) is 17.6 Å². The number of aryl methyl sites for hydroxylation is 1. The molecular weight excluding hydrogens is 1140 g/mol. The topological polar surface area (TPSA) is 504 Å². The van der Waals surface area contributed by atoms with Crippen molar-refractivity contribution >= 4 is 87.0 Å². The standard InChI is InChI=1S/C38H55N16O21P3S/c1-50(2)21(55)5-16-18(71-34(24(16)56)54-14-51(3)23-32(54)48-38(41)49-33(23)59)8-69-76(60,61)74-78(64,65)75-77(62,63)70-9-20-28(27(66-4)36(73-20)53-12-45-22-29(39)42-10-43-31(22)53)79-15-68-7-19-25(57)26(58)35(72-19)52-11-44-17-6-67-13-46-37(40)47-30(17)52/h10-12,14,16,18-20,24-28,34-36,56-58H,5-9,13,15H2,1-4H3,(H10-,39,40,41,42,43,46,47,48,49,59,60,61,62,63,64,65)/p+1/t16-,18-,19-,20-,24-,25-,26-,27-,28-,34-,35-,36-/m1/s1. The highest BCUT2D eigenvalue weighted by molar-refractivity contribution is 7.99. The molecule has 15 atom stereocenters. The third kappa shape index (κ3) is 12.5. The molecule has 0 radical (unpaired) electrons. The number of rotatable bonds is 21. The quantitative estimate of drug-likeness (QED) is 0.0151. The van der Waals surface area contributed by atoms with Crippen molar-refractivity contribution in [1.82, 2.24) is 48.5 Å². The summed E-state index contributed by atoms with van der Waals surface area (Å²) < 4.78 is 99.6.